The third-order valence-electron chi connectivity index (χ3n) is 2.29. The zero-order chi connectivity index (χ0) is 11.7. The monoisotopic (exact) mass is 218 g/mol. The molecule has 5 heteroatoms. The van der Waals surface area contributed by atoms with Crippen LogP contribution in [-0.2, 0) is 4.79 Å². The molecule has 0 unspecified atom stereocenters. The fourth-order valence-corrected chi connectivity index (χ4v) is 1.57. The standard InChI is InChI=1S/C11H10N2O3/c1-6-2-7(4-9(14)11(15)16)3-8-5-12-13-10(6)8/h2-5,14H,1H3,(H,12,13)(H,15,16). The molecule has 0 aliphatic carbocycles. The van der Waals surface area contributed by atoms with Crippen LogP contribution in [0, 0.1) is 6.92 Å². The highest BCUT2D eigenvalue weighted by Crippen LogP contribution is 2.19. The Bertz CT molecular complexity index is 584. The molecular weight excluding hydrogens is 208 g/mol. The van der Waals surface area contributed by atoms with Crippen LogP contribution in [0.5, 0.6) is 0 Å². The third-order valence-corrected chi connectivity index (χ3v) is 2.29. The predicted molar refractivity (Wildman–Crippen MR) is 59.1 cm³/mol. The van der Waals surface area contributed by atoms with E-state index in [1.54, 1.807) is 18.3 Å². The molecule has 0 radical (unpaired) electrons. The van der Waals surface area contributed by atoms with E-state index in [1.165, 1.54) is 6.08 Å². The van der Waals surface area contributed by atoms with Gasteiger partial charge >= 0.3 is 5.97 Å². The molecule has 2 aromatic rings. The molecule has 1 aromatic heterocycles. The van der Waals surface area contributed by atoms with Gasteiger partial charge in [0.1, 0.15) is 0 Å². The van der Waals surface area contributed by atoms with Crippen LogP contribution in [0.3, 0.4) is 0 Å². The normalized spacial score (nSPS) is 11.9. The first-order valence-electron chi connectivity index (χ1n) is 4.65. The molecule has 0 fully saturated rings. The van der Waals surface area contributed by atoms with Crippen molar-refractivity contribution in [1.29, 1.82) is 0 Å². The van der Waals surface area contributed by atoms with Crippen molar-refractivity contribution < 1.29 is 15.0 Å². The number of carbonyl (C=O) groups is 1. The van der Waals surface area contributed by atoms with E-state index in [0.717, 1.165) is 16.5 Å². The van der Waals surface area contributed by atoms with Crippen molar-refractivity contribution in [2.45, 2.75) is 6.92 Å². The highest BCUT2D eigenvalue weighted by atomic mass is 16.4. The molecular formula is C11H10N2O3. The molecule has 0 bridgehead atoms. The largest absolute Gasteiger partial charge is 0.502 e. The lowest BCUT2D eigenvalue weighted by Crippen LogP contribution is -1.98. The van der Waals surface area contributed by atoms with Gasteiger partial charge in [0.05, 0.1) is 11.7 Å². The van der Waals surface area contributed by atoms with Crippen molar-refractivity contribution in [3.05, 3.63) is 35.2 Å². The van der Waals surface area contributed by atoms with Crippen LogP contribution in [0.25, 0.3) is 17.0 Å². The summed E-state index contributed by atoms with van der Waals surface area (Å²) in [5.74, 6) is -2.02. The van der Waals surface area contributed by atoms with E-state index in [1.807, 2.05) is 6.92 Å². The number of aromatic amines is 1. The SMILES string of the molecule is Cc1cc(C=C(O)C(=O)O)cc2cn[nH]c12. The smallest absolute Gasteiger partial charge is 0.370 e. The number of carboxylic acid groups (broad SMARTS) is 1. The Morgan fingerprint density at radius 3 is 2.88 bits per heavy atom. The molecule has 0 atom stereocenters. The Hall–Kier alpha value is -2.30. The van der Waals surface area contributed by atoms with Gasteiger partial charge in [-0.05, 0) is 36.3 Å². The highest BCUT2D eigenvalue weighted by Gasteiger charge is 2.06. The Labute approximate surface area is 91.0 Å². The fraction of sp³-hybridized carbons (Fsp3) is 0.0909. The first-order valence-corrected chi connectivity index (χ1v) is 4.65. The summed E-state index contributed by atoms with van der Waals surface area (Å²) in [5.41, 5.74) is 2.48. The number of rotatable bonds is 2. The summed E-state index contributed by atoms with van der Waals surface area (Å²) in [6.45, 7) is 1.88. The van der Waals surface area contributed by atoms with Crippen LogP contribution < -0.4 is 0 Å². The van der Waals surface area contributed by atoms with Crippen molar-refractivity contribution >= 4 is 22.9 Å². The van der Waals surface area contributed by atoms with Gasteiger partial charge in [0.2, 0.25) is 5.76 Å². The number of carboxylic acids is 1. The minimum absolute atomic E-state index is 0.631. The Balaban J connectivity index is 2.54. The number of hydrogen-bond donors (Lipinski definition) is 3. The van der Waals surface area contributed by atoms with Gasteiger partial charge in [-0.15, -0.1) is 0 Å². The molecule has 0 amide bonds. The fourth-order valence-electron chi connectivity index (χ4n) is 1.57. The maximum absolute atomic E-state index is 10.5. The predicted octanol–water partition coefficient (Wildman–Crippen LogP) is 1.85. The van der Waals surface area contributed by atoms with Gasteiger partial charge in [0, 0.05) is 5.39 Å². The average Bonchev–Trinajstić information content (AvgIpc) is 2.65. The molecule has 0 saturated carbocycles. The van der Waals surface area contributed by atoms with Gasteiger partial charge in [-0.2, -0.15) is 5.10 Å². The van der Waals surface area contributed by atoms with Crippen LogP contribution in [0.15, 0.2) is 24.1 Å². The van der Waals surface area contributed by atoms with Gasteiger partial charge in [0.25, 0.3) is 0 Å². The maximum Gasteiger partial charge on any atom is 0.370 e. The second-order valence-electron chi connectivity index (χ2n) is 3.51. The first kappa shape index (κ1) is 10.2. The van der Waals surface area contributed by atoms with E-state index in [9.17, 15) is 4.79 Å². The van der Waals surface area contributed by atoms with Crippen molar-refractivity contribution in [2.75, 3.05) is 0 Å². The van der Waals surface area contributed by atoms with E-state index in [-0.39, 0.29) is 0 Å². The molecule has 0 spiro atoms. The summed E-state index contributed by atoms with van der Waals surface area (Å²) in [6, 6.07) is 3.53. The molecule has 5 nitrogen and oxygen atoms in total. The third kappa shape index (κ3) is 1.75. The molecule has 16 heavy (non-hydrogen) atoms. The number of aromatic nitrogens is 2. The number of fused-ring (bicyclic) bond motifs is 1. The molecule has 82 valence electrons. The van der Waals surface area contributed by atoms with Crippen molar-refractivity contribution in [1.82, 2.24) is 10.2 Å². The molecule has 0 aliphatic heterocycles. The highest BCUT2D eigenvalue weighted by molar-refractivity contribution is 5.91. The Kier molecular flexibility index (Phi) is 2.36. The van der Waals surface area contributed by atoms with Crippen LogP contribution in [0.2, 0.25) is 0 Å². The lowest BCUT2D eigenvalue weighted by atomic mass is 10.1. The summed E-state index contributed by atoms with van der Waals surface area (Å²) >= 11 is 0. The van der Waals surface area contributed by atoms with Crippen LogP contribution in [-0.4, -0.2) is 26.4 Å². The van der Waals surface area contributed by atoms with E-state index >= 15 is 0 Å². The second-order valence-corrected chi connectivity index (χ2v) is 3.51. The van der Waals surface area contributed by atoms with Crippen molar-refractivity contribution in [3.8, 4) is 0 Å². The van der Waals surface area contributed by atoms with Crippen LogP contribution in [0.1, 0.15) is 11.1 Å². The number of benzene rings is 1. The number of nitrogens with zero attached hydrogens (tertiary/aromatic N) is 1. The summed E-state index contributed by atoms with van der Waals surface area (Å²) in [6.07, 6.45) is 2.86. The number of aliphatic hydroxyl groups excluding tert-OH is 1. The van der Waals surface area contributed by atoms with E-state index in [4.69, 9.17) is 10.2 Å². The minimum atomic E-state index is -1.34. The van der Waals surface area contributed by atoms with Gasteiger partial charge in [-0.1, -0.05) is 0 Å². The van der Waals surface area contributed by atoms with Crippen molar-refractivity contribution in [2.24, 2.45) is 0 Å². The molecule has 1 aromatic carbocycles. The number of hydrogen-bond acceptors (Lipinski definition) is 3. The number of aryl methyl sites for hydroxylation is 1. The van der Waals surface area contributed by atoms with E-state index < -0.39 is 11.7 Å². The van der Waals surface area contributed by atoms with Gasteiger partial charge in [-0.3, -0.25) is 5.10 Å². The number of aliphatic carboxylic acids is 1. The molecule has 1 heterocycles. The van der Waals surface area contributed by atoms with Gasteiger partial charge in [-0.25, -0.2) is 4.79 Å². The van der Waals surface area contributed by atoms with Gasteiger partial charge in [0.15, 0.2) is 0 Å². The Morgan fingerprint density at radius 1 is 1.44 bits per heavy atom. The summed E-state index contributed by atoms with van der Waals surface area (Å²) < 4.78 is 0. The molecule has 2 rings (SSSR count). The topological polar surface area (TPSA) is 86.2 Å². The maximum atomic E-state index is 10.5. The van der Waals surface area contributed by atoms with E-state index in [0.29, 0.717) is 5.56 Å². The number of H-pyrrole nitrogens is 1. The lowest BCUT2D eigenvalue weighted by Gasteiger charge is -1.99. The van der Waals surface area contributed by atoms with Crippen LogP contribution in [0.4, 0.5) is 0 Å². The summed E-state index contributed by atoms with van der Waals surface area (Å²) in [4.78, 5) is 10.5. The van der Waals surface area contributed by atoms with E-state index in [2.05, 4.69) is 10.2 Å². The lowest BCUT2D eigenvalue weighted by molar-refractivity contribution is -0.135. The summed E-state index contributed by atoms with van der Waals surface area (Å²) in [7, 11) is 0. The second kappa shape index (κ2) is 3.69. The Morgan fingerprint density at radius 2 is 2.19 bits per heavy atom. The zero-order valence-corrected chi connectivity index (χ0v) is 8.56. The average molecular weight is 218 g/mol. The number of aliphatic hydroxyl groups is 1. The quantitative estimate of drug-likeness (QED) is 0.530. The van der Waals surface area contributed by atoms with Gasteiger partial charge < -0.3 is 10.2 Å². The molecule has 0 saturated heterocycles. The van der Waals surface area contributed by atoms with Crippen molar-refractivity contribution in [3.63, 3.8) is 0 Å². The number of nitrogens with one attached hydrogen (secondary N) is 1. The van der Waals surface area contributed by atoms with Crippen LogP contribution >= 0.6 is 0 Å². The molecule has 3 N–H and O–H groups in total. The summed E-state index contributed by atoms with van der Waals surface area (Å²) in [5, 5.41) is 25.3. The zero-order valence-electron chi connectivity index (χ0n) is 8.56. The molecule has 0 aliphatic rings. The minimum Gasteiger partial charge on any atom is -0.502 e. The first-order chi connectivity index (χ1) is 7.58.